The fraction of sp³-hybridized carbons (Fsp3) is 0.0385. The Morgan fingerprint density at radius 3 is 1.17 bits per heavy atom. The molecular formula is C26H23NO2. The summed E-state index contributed by atoms with van der Waals surface area (Å²) in [6.07, 6.45) is 0.112. The van der Waals surface area contributed by atoms with E-state index in [2.05, 4.69) is 77.7 Å². The summed E-state index contributed by atoms with van der Waals surface area (Å²) in [6.45, 7) is 0. The number of anilines is 3. The average molecular weight is 381 g/mol. The molecule has 0 aliphatic carbocycles. The zero-order chi connectivity index (χ0) is 20.3. The van der Waals surface area contributed by atoms with E-state index in [4.69, 9.17) is 5.11 Å². The summed E-state index contributed by atoms with van der Waals surface area (Å²) in [5.41, 5.74) is 4.34. The van der Waals surface area contributed by atoms with Gasteiger partial charge in [0.25, 0.3) is 0 Å². The maximum atomic E-state index is 10.2. The number of benzene rings is 4. The van der Waals surface area contributed by atoms with Crippen LogP contribution in [0.4, 0.5) is 17.1 Å². The lowest BCUT2D eigenvalue weighted by molar-refractivity contribution is -0.136. The fourth-order valence-corrected chi connectivity index (χ4v) is 2.95. The van der Waals surface area contributed by atoms with Gasteiger partial charge in [0.2, 0.25) is 0 Å². The van der Waals surface area contributed by atoms with Crippen LogP contribution in [0.15, 0.2) is 121 Å². The molecule has 3 heteroatoms. The monoisotopic (exact) mass is 381 g/mol. The van der Waals surface area contributed by atoms with Crippen molar-refractivity contribution in [3.63, 3.8) is 0 Å². The average Bonchev–Trinajstić information content (AvgIpc) is 2.77. The molecule has 0 heterocycles. The lowest BCUT2D eigenvalue weighted by Crippen LogP contribution is -2.09. The van der Waals surface area contributed by atoms with E-state index < -0.39 is 5.97 Å². The largest absolute Gasteiger partial charge is 0.481 e. The normalized spacial score (nSPS) is 9.79. The Morgan fingerprint density at radius 2 is 0.862 bits per heavy atom. The molecule has 4 aromatic carbocycles. The molecule has 0 bridgehead atoms. The zero-order valence-corrected chi connectivity index (χ0v) is 16.1. The van der Waals surface area contributed by atoms with Crippen LogP contribution in [0.5, 0.6) is 0 Å². The summed E-state index contributed by atoms with van der Waals surface area (Å²) >= 11 is 0. The molecule has 0 spiro atoms. The van der Waals surface area contributed by atoms with Gasteiger partial charge in [-0.3, -0.25) is 4.79 Å². The molecule has 1 N–H and O–H groups in total. The van der Waals surface area contributed by atoms with Crippen molar-refractivity contribution < 1.29 is 9.90 Å². The van der Waals surface area contributed by atoms with Gasteiger partial charge in [0, 0.05) is 17.1 Å². The van der Waals surface area contributed by atoms with E-state index in [1.165, 1.54) is 17.1 Å². The standard InChI is InChI=1S/C18H15N.C8H8O2/c1-4-10-16(11-5-1)19(17-12-6-2-7-13-17)18-14-8-3-9-15-18;9-8(10)6-7-4-2-1-3-5-7/h1-15H;1-5H,6H2,(H,9,10). The number of hydrogen-bond donors (Lipinski definition) is 1. The molecule has 0 saturated heterocycles. The van der Waals surface area contributed by atoms with Crippen molar-refractivity contribution in [2.45, 2.75) is 6.42 Å². The molecular weight excluding hydrogens is 358 g/mol. The third-order valence-corrected chi connectivity index (χ3v) is 4.24. The van der Waals surface area contributed by atoms with E-state index in [-0.39, 0.29) is 6.42 Å². The summed E-state index contributed by atoms with van der Waals surface area (Å²) < 4.78 is 0. The van der Waals surface area contributed by atoms with Gasteiger partial charge in [0.15, 0.2) is 0 Å². The van der Waals surface area contributed by atoms with Crippen LogP contribution in [0, 0.1) is 0 Å². The van der Waals surface area contributed by atoms with Crippen molar-refractivity contribution in [2.24, 2.45) is 0 Å². The minimum atomic E-state index is -0.786. The van der Waals surface area contributed by atoms with Gasteiger partial charge in [-0.1, -0.05) is 84.9 Å². The van der Waals surface area contributed by atoms with Crippen LogP contribution in [0.25, 0.3) is 0 Å². The van der Waals surface area contributed by atoms with Gasteiger partial charge in [-0.2, -0.15) is 0 Å². The molecule has 4 rings (SSSR count). The molecule has 0 atom stereocenters. The highest BCUT2D eigenvalue weighted by atomic mass is 16.4. The highest BCUT2D eigenvalue weighted by molar-refractivity contribution is 5.76. The molecule has 29 heavy (non-hydrogen) atoms. The third-order valence-electron chi connectivity index (χ3n) is 4.24. The number of nitrogens with zero attached hydrogens (tertiary/aromatic N) is 1. The number of para-hydroxylation sites is 3. The number of rotatable bonds is 5. The van der Waals surface area contributed by atoms with Crippen molar-refractivity contribution in [2.75, 3.05) is 4.90 Å². The lowest BCUT2D eigenvalue weighted by atomic mass is 10.2. The number of carboxylic acid groups (broad SMARTS) is 1. The minimum Gasteiger partial charge on any atom is -0.481 e. The number of carboxylic acids is 1. The summed E-state index contributed by atoms with van der Waals surface area (Å²) in [6, 6.07) is 40.4. The third kappa shape index (κ3) is 6.08. The predicted octanol–water partition coefficient (Wildman–Crippen LogP) is 6.47. The van der Waals surface area contributed by atoms with Crippen molar-refractivity contribution >= 4 is 23.0 Å². The van der Waals surface area contributed by atoms with E-state index in [1.807, 2.05) is 36.4 Å². The summed E-state index contributed by atoms with van der Waals surface area (Å²) in [5.74, 6) is -0.786. The second kappa shape index (κ2) is 10.5. The van der Waals surface area contributed by atoms with Gasteiger partial charge >= 0.3 is 5.97 Å². The molecule has 0 aliphatic rings. The summed E-state index contributed by atoms with van der Waals surface area (Å²) in [7, 11) is 0. The first-order valence-corrected chi connectivity index (χ1v) is 9.45. The molecule has 0 aliphatic heterocycles. The lowest BCUT2D eigenvalue weighted by Gasteiger charge is -2.25. The molecule has 0 radical (unpaired) electrons. The second-order valence-electron chi connectivity index (χ2n) is 6.40. The summed E-state index contributed by atoms with van der Waals surface area (Å²) in [5, 5.41) is 8.37. The van der Waals surface area contributed by atoms with E-state index in [9.17, 15) is 4.79 Å². The topological polar surface area (TPSA) is 40.5 Å². The Hall–Kier alpha value is -3.85. The fourth-order valence-electron chi connectivity index (χ4n) is 2.95. The SMILES string of the molecule is O=C(O)Cc1ccccc1.c1ccc(N(c2ccccc2)c2ccccc2)cc1. The van der Waals surface area contributed by atoms with Crippen molar-refractivity contribution in [1.29, 1.82) is 0 Å². The Balaban J connectivity index is 0.000000204. The first-order valence-electron chi connectivity index (χ1n) is 9.45. The molecule has 0 fully saturated rings. The Kier molecular flexibility index (Phi) is 7.19. The van der Waals surface area contributed by atoms with Gasteiger partial charge < -0.3 is 10.0 Å². The highest BCUT2D eigenvalue weighted by Crippen LogP contribution is 2.33. The van der Waals surface area contributed by atoms with E-state index in [0.29, 0.717) is 0 Å². The molecule has 0 aromatic heterocycles. The number of carbonyl (C=O) groups is 1. The van der Waals surface area contributed by atoms with Crippen LogP contribution in [-0.4, -0.2) is 11.1 Å². The molecule has 0 amide bonds. The van der Waals surface area contributed by atoms with Crippen LogP contribution in [0.1, 0.15) is 5.56 Å². The Morgan fingerprint density at radius 1 is 0.552 bits per heavy atom. The Labute approximate surface area is 171 Å². The maximum absolute atomic E-state index is 10.2. The molecule has 0 unspecified atom stereocenters. The Bertz CT molecular complexity index is 894. The van der Waals surface area contributed by atoms with Crippen LogP contribution >= 0.6 is 0 Å². The van der Waals surface area contributed by atoms with Gasteiger partial charge in [-0.05, 0) is 42.0 Å². The molecule has 0 saturated carbocycles. The van der Waals surface area contributed by atoms with Crippen LogP contribution in [-0.2, 0) is 11.2 Å². The van der Waals surface area contributed by atoms with E-state index in [0.717, 1.165) is 5.56 Å². The van der Waals surface area contributed by atoms with Gasteiger partial charge in [0.05, 0.1) is 6.42 Å². The van der Waals surface area contributed by atoms with Gasteiger partial charge in [0.1, 0.15) is 0 Å². The minimum absolute atomic E-state index is 0.112. The smallest absolute Gasteiger partial charge is 0.307 e. The van der Waals surface area contributed by atoms with Crippen LogP contribution < -0.4 is 4.90 Å². The van der Waals surface area contributed by atoms with Crippen molar-refractivity contribution in [1.82, 2.24) is 0 Å². The first kappa shape index (κ1) is 19.9. The van der Waals surface area contributed by atoms with E-state index in [1.54, 1.807) is 12.1 Å². The van der Waals surface area contributed by atoms with E-state index >= 15 is 0 Å². The van der Waals surface area contributed by atoms with Crippen molar-refractivity contribution in [3.8, 4) is 0 Å². The van der Waals surface area contributed by atoms with Crippen LogP contribution in [0.3, 0.4) is 0 Å². The van der Waals surface area contributed by atoms with Gasteiger partial charge in [-0.25, -0.2) is 0 Å². The number of hydrogen-bond acceptors (Lipinski definition) is 2. The highest BCUT2D eigenvalue weighted by Gasteiger charge is 2.10. The van der Waals surface area contributed by atoms with Crippen molar-refractivity contribution in [3.05, 3.63) is 127 Å². The summed E-state index contributed by atoms with van der Waals surface area (Å²) in [4.78, 5) is 12.4. The second-order valence-corrected chi connectivity index (χ2v) is 6.40. The number of aliphatic carboxylic acids is 1. The maximum Gasteiger partial charge on any atom is 0.307 e. The first-order chi connectivity index (χ1) is 14.2. The molecule has 3 nitrogen and oxygen atoms in total. The molecule has 144 valence electrons. The molecule has 4 aromatic rings. The zero-order valence-electron chi connectivity index (χ0n) is 16.1. The van der Waals surface area contributed by atoms with Gasteiger partial charge in [-0.15, -0.1) is 0 Å². The quantitative estimate of drug-likeness (QED) is 0.431. The predicted molar refractivity (Wildman–Crippen MR) is 119 cm³/mol. The van der Waals surface area contributed by atoms with Crippen LogP contribution in [0.2, 0.25) is 0 Å².